The number of nitrogens with one attached hydrogen (secondary N) is 2. The molecule has 2 aromatic heterocycles. The maximum atomic E-state index is 12.8. The summed E-state index contributed by atoms with van der Waals surface area (Å²) in [6.07, 6.45) is 3.04. The molecule has 0 bridgehead atoms. The number of hydrogen-bond donors (Lipinski definition) is 2. The second kappa shape index (κ2) is 5.24. The van der Waals surface area contributed by atoms with Crippen LogP contribution in [0, 0.1) is 0 Å². The molecule has 2 N–H and O–H groups in total. The molecule has 1 aliphatic heterocycles. The van der Waals surface area contributed by atoms with E-state index in [1.807, 2.05) is 12.3 Å². The van der Waals surface area contributed by atoms with Gasteiger partial charge in [-0.05, 0) is 19.8 Å². The van der Waals surface area contributed by atoms with Crippen LogP contribution in [0.4, 0.5) is 5.82 Å². The molecule has 0 saturated carbocycles. The molecule has 0 aliphatic carbocycles. The number of thiazole rings is 1. The highest BCUT2D eigenvalue weighted by atomic mass is 32.2. The summed E-state index contributed by atoms with van der Waals surface area (Å²) in [5.41, 5.74) is -0.484. The lowest BCUT2D eigenvalue weighted by molar-refractivity contribution is 0.0537. The lowest BCUT2D eigenvalue weighted by Crippen LogP contribution is -2.49. The summed E-state index contributed by atoms with van der Waals surface area (Å²) in [4.78, 5) is 4.95. The van der Waals surface area contributed by atoms with E-state index >= 15 is 0 Å². The molecule has 1 aliphatic rings. The van der Waals surface area contributed by atoms with Gasteiger partial charge in [0.25, 0.3) is 10.0 Å². The molecule has 3 heterocycles. The van der Waals surface area contributed by atoms with Gasteiger partial charge in [-0.3, -0.25) is 4.40 Å². The molecule has 3 rings (SSSR count). The summed E-state index contributed by atoms with van der Waals surface area (Å²) in [6.45, 7) is 3.05. The van der Waals surface area contributed by atoms with Crippen LogP contribution in [-0.4, -0.2) is 43.6 Å². The Labute approximate surface area is 127 Å². The molecule has 0 aromatic carbocycles. The summed E-state index contributed by atoms with van der Waals surface area (Å²) in [5.74, 6) is 0.366. The first-order valence-corrected chi connectivity index (χ1v) is 9.06. The first-order chi connectivity index (χ1) is 9.95. The van der Waals surface area contributed by atoms with Gasteiger partial charge in [-0.1, -0.05) is 0 Å². The topological polar surface area (TPSA) is 84.7 Å². The number of anilines is 1. The zero-order valence-corrected chi connectivity index (χ0v) is 13.6. The third-order valence-corrected chi connectivity index (χ3v) is 6.10. The van der Waals surface area contributed by atoms with Crippen molar-refractivity contribution in [2.24, 2.45) is 0 Å². The normalized spacial score (nSPS) is 19.0. The zero-order valence-electron chi connectivity index (χ0n) is 11.9. The number of sulfonamides is 1. The van der Waals surface area contributed by atoms with Gasteiger partial charge in [-0.15, -0.1) is 11.3 Å². The second-order valence-corrected chi connectivity index (χ2v) is 7.82. The predicted octanol–water partition coefficient (Wildman–Crippen LogP) is 1.28. The van der Waals surface area contributed by atoms with Crippen LogP contribution in [0.2, 0.25) is 0 Å². The Bertz CT molecular complexity index is 744. The first kappa shape index (κ1) is 14.8. The van der Waals surface area contributed by atoms with Crippen molar-refractivity contribution in [3.63, 3.8) is 0 Å². The third-order valence-electron chi connectivity index (χ3n) is 3.69. The average Bonchev–Trinajstić information content (AvgIpc) is 2.97. The molecule has 21 heavy (non-hydrogen) atoms. The number of rotatable bonds is 4. The van der Waals surface area contributed by atoms with Gasteiger partial charge >= 0.3 is 0 Å². The zero-order chi connectivity index (χ0) is 15.1. The van der Waals surface area contributed by atoms with Gasteiger partial charge in [0.05, 0.1) is 0 Å². The van der Waals surface area contributed by atoms with Crippen molar-refractivity contribution in [2.45, 2.75) is 30.3 Å². The lowest BCUT2D eigenvalue weighted by Gasteiger charge is -2.33. The Balaban J connectivity index is 2.01. The Morgan fingerprint density at radius 2 is 2.14 bits per heavy atom. The van der Waals surface area contributed by atoms with Crippen molar-refractivity contribution in [2.75, 3.05) is 25.6 Å². The minimum absolute atomic E-state index is 0.161. The fourth-order valence-corrected chi connectivity index (χ4v) is 5.01. The molecule has 0 spiro atoms. The van der Waals surface area contributed by atoms with E-state index < -0.39 is 15.6 Å². The first-order valence-electron chi connectivity index (χ1n) is 6.70. The standard InChI is InChI=1S/C12H18N4O3S2/c1-12(3-6-19-7-4-12)15-21(17,18)10-9(13-2)14-11-16(10)5-8-20-11/h5,8,13,15H,3-4,6-7H2,1-2H3. The number of hydrogen-bond acceptors (Lipinski definition) is 6. The van der Waals surface area contributed by atoms with E-state index in [0.717, 1.165) is 0 Å². The average molecular weight is 330 g/mol. The molecular formula is C12H18N4O3S2. The van der Waals surface area contributed by atoms with E-state index in [-0.39, 0.29) is 5.03 Å². The van der Waals surface area contributed by atoms with Crippen LogP contribution in [-0.2, 0) is 14.8 Å². The van der Waals surface area contributed by atoms with Crippen LogP contribution in [0.3, 0.4) is 0 Å². The van der Waals surface area contributed by atoms with Crippen molar-refractivity contribution in [1.29, 1.82) is 0 Å². The van der Waals surface area contributed by atoms with Crippen LogP contribution in [0.1, 0.15) is 19.8 Å². The Morgan fingerprint density at radius 3 is 2.81 bits per heavy atom. The fourth-order valence-electron chi connectivity index (χ4n) is 2.48. The molecular weight excluding hydrogens is 312 g/mol. The molecule has 0 unspecified atom stereocenters. The van der Waals surface area contributed by atoms with E-state index in [0.29, 0.717) is 36.8 Å². The van der Waals surface area contributed by atoms with Gasteiger partial charge in [-0.25, -0.2) is 18.1 Å². The largest absolute Gasteiger partial charge is 0.381 e. The molecule has 1 fully saturated rings. The molecule has 0 atom stereocenters. The van der Waals surface area contributed by atoms with Crippen LogP contribution in [0.15, 0.2) is 16.6 Å². The van der Waals surface area contributed by atoms with Gasteiger partial charge in [0.1, 0.15) is 0 Å². The summed E-state index contributed by atoms with van der Waals surface area (Å²) in [6, 6.07) is 0. The minimum atomic E-state index is -3.68. The third kappa shape index (κ3) is 2.66. The highest BCUT2D eigenvalue weighted by molar-refractivity contribution is 7.89. The Kier molecular flexibility index (Phi) is 3.68. The lowest BCUT2D eigenvalue weighted by atomic mass is 9.94. The van der Waals surface area contributed by atoms with Crippen molar-refractivity contribution in [3.8, 4) is 0 Å². The summed E-state index contributed by atoms with van der Waals surface area (Å²) in [7, 11) is -2.01. The van der Waals surface area contributed by atoms with Crippen LogP contribution in [0.5, 0.6) is 0 Å². The number of ether oxygens (including phenoxy) is 1. The highest BCUT2D eigenvalue weighted by Gasteiger charge is 2.35. The van der Waals surface area contributed by atoms with E-state index in [1.54, 1.807) is 17.6 Å². The molecule has 2 aromatic rings. The van der Waals surface area contributed by atoms with Crippen molar-refractivity contribution in [1.82, 2.24) is 14.1 Å². The molecule has 116 valence electrons. The van der Waals surface area contributed by atoms with E-state index in [1.165, 1.54) is 11.3 Å². The van der Waals surface area contributed by atoms with Crippen LogP contribution < -0.4 is 10.0 Å². The minimum Gasteiger partial charge on any atom is -0.381 e. The maximum absolute atomic E-state index is 12.8. The van der Waals surface area contributed by atoms with E-state index in [4.69, 9.17) is 4.74 Å². The van der Waals surface area contributed by atoms with Gasteiger partial charge in [-0.2, -0.15) is 0 Å². The van der Waals surface area contributed by atoms with E-state index in [2.05, 4.69) is 15.0 Å². The van der Waals surface area contributed by atoms with Crippen molar-refractivity contribution < 1.29 is 13.2 Å². The van der Waals surface area contributed by atoms with Gasteiger partial charge in [0.15, 0.2) is 15.8 Å². The van der Waals surface area contributed by atoms with Gasteiger partial charge in [0, 0.05) is 37.4 Å². The molecule has 7 nitrogen and oxygen atoms in total. The number of imidazole rings is 1. The monoisotopic (exact) mass is 330 g/mol. The SMILES string of the molecule is CNc1nc2sccn2c1S(=O)(=O)NC1(C)CCOCC1. The number of fused-ring (bicyclic) bond motifs is 1. The smallest absolute Gasteiger partial charge is 0.260 e. The van der Waals surface area contributed by atoms with Gasteiger partial charge < -0.3 is 10.1 Å². The van der Waals surface area contributed by atoms with Crippen molar-refractivity contribution in [3.05, 3.63) is 11.6 Å². The molecule has 1 saturated heterocycles. The van der Waals surface area contributed by atoms with E-state index in [9.17, 15) is 8.42 Å². The maximum Gasteiger partial charge on any atom is 0.260 e. The number of nitrogens with zero attached hydrogens (tertiary/aromatic N) is 2. The summed E-state index contributed by atoms with van der Waals surface area (Å²) < 4.78 is 35.4. The Hall–Kier alpha value is -1.16. The summed E-state index contributed by atoms with van der Waals surface area (Å²) >= 11 is 1.40. The van der Waals surface area contributed by atoms with Crippen LogP contribution in [0.25, 0.3) is 4.96 Å². The summed E-state index contributed by atoms with van der Waals surface area (Å²) in [5, 5.41) is 4.84. The van der Waals surface area contributed by atoms with Gasteiger partial charge in [0.2, 0.25) is 0 Å². The van der Waals surface area contributed by atoms with Crippen molar-refractivity contribution >= 4 is 32.1 Å². The molecule has 9 heteroatoms. The second-order valence-electron chi connectivity index (χ2n) is 5.35. The fraction of sp³-hybridized carbons (Fsp3) is 0.583. The molecule has 0 radical (unpaired) electrons. The number of aromatic nitrogens is 2. The quantitative estimate of drug-likeness (QED) is 0.882. The highest BCUT2D eigenvalue weighted by Crippen LogP contribution is 2.28. The van der Waals surface area contributed by atoms with Crippen LogP contribution >= 0.6 is 11.3 Å². The predicted molar refractivity (Wildman–Crippen MR) is 81.4 cm³/mol. The molecule has 0 amide bonds. The Morgan fingerprint density at radius 1 is 1.43 bits per heavy atom.